The number of aromatic amines is 1. The summed E-state index contributed by atoms with van der Waals surface area (Å²) in [5.74, 6) is 0. The van der Waals surface area contributed by atoms with Crippen molar-refractivity contribution in [3.8, 4) is 11.3 Å². The third-order valence-electron chi connectivity index (χ3n) is 1.56. The second kappa shape index (κ2) is 3.12. The quantitative estimate of drug-likeness (QED) is 0.712. The third kappa shape index (κ3) is 1.50. The molecule has 0 saturated carbocycles. The van der Waals surface area contributed by atoms with E-state index in [1.807, 2.05) is 0 Å². The van der Waals surface area contributed by atoms with Crippen molar-refractivity contribution in [1.82, 2.24) is 4.98 Å². The van der Waals surface area contributed by atoms with Crippen molar-refractivity contribution in [3.63, 3.8) is 0 Å². The molecule has 0 atom stereocenters. The lowest BCUT2D eigenvalue weighted by Crippen LogP contribution is -1.70. The first-order chi connectivity index (χ1) is 5.75. The van der Waals surface area contributed by atoms with Gasteiger partial charge in [-0.25, -0.2) is 0 Å². The summed E-state index contributed by atoms with van der Waals surface area (Å²) in [5.41, 5.74) is 2.37. The Morgan fingerprint density at radius 1 is 1.33 bits per heavy atom. The molecular formula is C8H7NS3. The van der Waals surface area contributed by atoms with Crippen LogP contribution < -0.4 is 0 Å². The van der Waals surface area contributed by atoms with E-state index in [-0.39, 0.29) is 0 Å². The second-order valence-electron chi connectivity index (χ2n) is 2.51. The number of aromatic nitrogens is 1. The van der Waals surface area contributed by atoms with E-state index in [2.05, 4.69) is 28.7 Å². The molecule has 0 aliphatic rings. The van der Waals surface area contributed by atoms with Crippen LogP contribution in [0.5, 0.6) is 0 Å². The molecule has 0 unspecified atom stereocenters. The predicted octanol–water partition coefficient (Wildman–Crippen LogP) is 3.84. The maximum atomic E-state index is 5.01. The van der Waals surface area contributed by atoms with Gasteiger partial charge in [-0.05, 0) is 25.2 Å². The Hall–Kier alpha value is -0.450. The Balaban J connectivity index is 2.50. The van der Waals surface area contributed by atoms with Crippen molar-refractivity contribution >= 4 is 34.9 Å². The number of H-pyrrole nitrogens is 1. The van der Waals surface area contributed by atoms with Gasteiger partial charge in [0.05, 0.1) is 5.69 Å². The molecule has 62 valence electrons. The van der Waals surface area contributed by atoms with Crippen LogP contribution in [0.4, 0.5) is 0 Å². The van der Waals surface area contributed by atoms with Gasteiger partial charge in [0.1, 0.15) is 0 Å². The lowest BCUT2D eigenvalue weighted by atomic mass is 10.2. The van der Waals surface area contributed by atoms with E-state index in [0.717, 1.165) is 9.65 Å². The van der Waals surface area contributed by atoms with E-state index < -0.39 is 0 Å². The highest BCUT2D eigenvalue weighted by atomic mass is 32.1. The van der Waals surface area contributed by atoms with Crippen LogP contribution >= 0.6 is 34.9 Å². The molecule has 2 heterocycles. The number of thiophene rings is 1. The Labute approximate surface area is 83.7 Å². The van der Waals surface area contributed by atoms with Crippen LogP contribution in [0.25, 0.3) is 11.3 Å². The molecule has 0 fully saturated rings. The first-order valence-electron chi connectivity index (χ1n) is 3.49. The van der Waals surface area contributed by atoms with E-state index in [1.165, 1.54) is 10.4 Å². The summed E-state index contributed by atoms with van der Waals surface area (Å²) in [6.07, 6.45) is 0. The molecule has 0 spiro atoms. The maximum absolute atomic E-state index is 5.01. The van der Waals surface area contributed by atoms with E-state index in [1.54, 1.807) is 22.7 Å². The molecule has 0 aliphatic carbocycles. The van der Waals surface area contributed by atoms with Crippen molar-refractivity contribution in [2.24, 2.45) is 0 Å². The molecule has 4 heteroatoms. The molecule has 0 amide bonds. The second-order valence-corrected chi connectivity index (χ2v) is 5.17. The van der Waals surface area contributed by atoms with E-state index in [4.69, 9.17) is 12.2 Å². The fraction of sp³-hybridized carbons (Fsp3) is 0.125. The van der Waals surface area contributed by atoms with E-state index in [0.29, 0.717) is 0 Å². The van der Waals surface area contributed by atoms with Crippen LogP contribution in [-0.4, -0.2) is 4.98 Å². The van der Waals surface area contributed by atoms with Gasteiger partial charge in [0, 0.05) is 21.2 Å². The highest BCUT2D eigenvalue weighted by Gasteiger charge is 2.00. The molecule has 0 aliphatic heterocycles. The molecule has 0 bridgehead atoms. The first kappa shape index (κ1) is 8.16. The predicted molar refractivity (Wildman–Crippen MR) is 57.6 cm³/mol. The maximum Gasteiger partial charge on any atom is 0.158 e. The van der Waals surface area contributed by atoms with Crippen molar-refractivity contribution < 1.29 is 0 Å². The Morgan fingerprint density at radius 3 is 2.67 bits per heavy atom. The Kier molecular flexibility index (Phi) is 2.12. The smallest absolute Gasteiger partial charge is 0.158 e. The molecule has 12 heavy (non-hydrogen) atoms. The summed E-state index contributed by atoms with van der Waals surface area (Å²) in [5, 5.41) is 4.20. The zero-order valence-corrected chi connectivity index (χ0v) is 8.91. The van der Waals surface area contributed by atoms with Crippen LogP contribution in [-0.2, 0) is 0 Å². The molecule has 2 aromatic rings. The fourth-order valence-electron chi connectivity index (χ4n) is 1.01. The monoisotopic (exact) mass is 213 g/mol. The zero-order valence-electron chi connectivity index (χ0n) is 6.46. The Bertz CT molecular complexity index is 435. The minimum atomic E-state index is 0.842. The number of rotatable bonds is 1. The van der Waals surface area contributed by atoms with Gasteiger partial charge in [0.25, 0.3) is 0 Å². The molecule has 0 saturated heterocycles. The minimum absolute atomic E-state index is 0.842. The first-order valence-corrected chi connectivity index (χ1v) is 5.66. The SMILES string of the molecule is Cc1cc(-c2csc(=S)[nH]2)cs1. The van der Waals surface area contributed by atoms with Gasteiger partial charge in [0.2, 0.25) is 0 Å². The summed E-state index contributed by atoms with van der Waals surface area (Å²) >= 11 is 8.34. The highest BCUT2D eigenvalue weighted by molar-refractivity contribution is 7.73. The average Bonchev–Trinajstić information content (AvgIpc) is 2.58. The summed E-state index contributed by atoms with van der Waals surface area (Å²) < 4.78 is 0.842. The topological polar surface area (TPSA) is 15.8 Å². The lowest BCUT2D eigenvalue weighted by Gasteiger charge is -1.87. The Morgan fingerprint density at radius 2 is 2.17 bits per heavy atom. The summed E-state index contributed by atoms with van der Waals surface area (Å²) in [6.45, 7) is 2.11. The molecule has 0 radical (unpaired) electrons. The van der Waals surface area contributed by atoms with Gasteiger partial charge in [-0.1, -0.05) is 0 Å². The molecule has 2 rings (SSSR count). The van der Waals surface area contributed by atoms with Crippen molar-refractivity contribution in [3.05, 3.63) is 25.7 Å². The minimum Gasteiger partial charge on any atom is -0.337 e. The average molecular weight is 213 g/mol. The van der Waals surface area contributed by atoms with Gasteiger partial charge in [-0.2, -0.15) is 0 Å². The van der Waals surface area contributed by atoms with Crippen LogP contribution in [0.2, 0.25) is 0 Å². The summed E-state index contributed by atoms with van der Waals surface area (Å²) in [4.78, 5) is 4.47. The van der Waals surface area contributed by atoms with E-state index in [9.17, 15) is 0 Å². The molecule has 0 aromatic carbocycles. The fourth-order valence-corrected chi connectivity index (χ4v) is 2.55. The number of nitrogens with one attached hydrogen (secondary N) is 1. The van der Waals surface area contributed by atoms with Crippen molar-refractivity contribution in [2.45, 2.75) is 6.92 Å². The number of hydrogen-bond acceptors (Lipinski definition) is 3. The normalized spacial score (nSPS) is 10.4. The van der Waals surface area contributed by atoms with Gasteiger partial charge in [0.15, 0.2) is 3.95 Å². The van der Waals surface area contributed by atoms with Gasteiger partial charge in [-0.3, -0.25) is 0 Å². The van der Waals surface area contributed by atoms with Gasteiger partial charge >= 0.3 is 0 Å². The number of hydrogen-bond donors (Lipinski definition) is 1. The van der Waals surface area contributed by atoms with Crippen LogP contribution in [0.15, 0.2) is 16.8 Å². The summed E-state index contributed by atoms with van der Waals surface area (Å²) in [7, 11) is 0. The zero-order chi connectivity index (χ0) is 8.55. The third-order valence-corrected chi connectivity index (χ3v) is 3.48. The van der Waals surface area contributed by atoms with Crippen LogP contribution in [0.1, 0.15) is 4.88 Å². The van der Waals surface area contributed by atoms with E-state index >= 15 is 0 Å². The molecule has 1 N–H and O–H groups in total. The lowest BCUT2D eigenvalue weighted by molar-refractivity contribution is 1.39. The van der Waals surface area contributed by atoms with Gasteiger partial charge < -0.3 is 4.98 Å². The van der Waals surface area contributed by atoms with Crippen molar-refractivity contribution in [1.29, 1.82) is 0 Å². The van der Waals surface area contributed by atoms with Crippen LogP contribution in [0.3, 0.4) is 0 Å². The standard InChI is InChI=1S/C8H7NS3/c1-5-2-6(3-11-5)7-4-12-8(10)9-7/h2-4H,1H3,(H,9,10). The summed E-state index contributed by atoms with van der Waals surface area (Å²) in [6, 6.07) is 2.16. The highest BCUT2D eigenvalue weighted by Crippen LogP contribution is 2.24. The molecule has 2 aromatic heterocycles. The van der Waals surface area contributed by atoms with Crippen molar-refractivity contribution in [2.75, 3.05) is 0 Å². The number of aryl methyl sites for hydroxylation is 1. The molecule has 1 nitrogen and oxygen atoms in total. The molecular weight excluding hydrogens is 206 g/mol. The number of thiazole rings is 1. The van der Waals surface area contributed by atoms with Gasteiger partial charge in [-0.15, -0.1) is 22.7 Å². The largest absolute Gasteiger partial charge is 0.337 e. The van der Waals surface area contributed by atoms with Crippen LogP contribution in [0, 0.1) is 10.9 Å².